The fraction of sp³-hybridized carbons (Fsp3) is 0.944. The maximum atomic E-state index is 11.8. The molecule has 0 radical (unpaired) electrons. The lowest BCUT2D eigenvalue weighted by Gasteiger charge is -2.43. The van der Waals surface area contributed by atoms with Gasteiger partial charge < -0.3 is 4.74 Å². The monoisotopic (exact) mass is 280 g/mol. The number of rotatable bonds is 3. The van der Waals surface area contributed by atoms with E-state index in [0.29, 0.717) is 5.41 Å². The summed E-state index contributed by atoms with van der Waals surface area (Å²) in [5.74, 6) is 2.81. The number of esters is 1. The SMILES string of the molecule is COC(=O)C1CCC(CC2CCC(C)CC2)C(C)(C)C1. The standard InChI is InChI=1S/C18H32O2/c1-13-5-7-14(8-6-13)11-16-10-9-15(17(19)20-4)12-18(16,2)3/h13-16H,5-12H2,1-4H3. The number of carbonyl (C=O) groups excluding carboxylic acids is 1. The maximum Gasteiger partial charge on any atom is 0.308 e. The Hall–Kier alpha value is -0.530. The first-order valence-corrected chi connectivity index (χ1v) is 8.50. The van der Waals surface area contributed by atoms with Crippen LogP contribution < -0.4 is 0 Å². The summed E-state index contributed by atoms with van der Waals surface area (Å²) in [7, 11) is 1.52. The fourth-order valence-corrected chi connectivity index (χ4v) is 4.47. The molecule has 2 aliphatic rings. The number of methoxy groups -OCH3 is 1. The molecule has 0 amide bonds. The van der Waals surface area contributed by atoms with E-state index in [9.17, 15) is 4.79 Å². The molecular weight excluding hydrogens is 248 g/mol. The van der Waals surface area contributed by atoms with Crippen LogP contribution in [0.4, 0.5) is 0 Å². The van der Waals surface area contributed by atoms with E-state index in [4.69, 9.17) is 4.74 Å². The lowest BCUT2D eigenvalue weighted by atomic mass is 9.61. The molecule has 2 unspecified atom stereocenters. The Bertz CT molecular complexity index is 326. The van der Waals surface area contributed by atoms with Crippen LogP contribution in [0.3, 0.4) is 0 Å². The zero-order chi connectivity index (χ0) is 14.8. The third kappa shape index (κ3) is 3.77. The van der Waals surface area contributed by atoms with Gasteiger partial charge in [0.15, 0.2) is 0 Å². The Kier molecular flexibility index (Phi) is 5.14. The van der Waals surface area contributed by atoms with Crippen LogP contribution in [-0.2, 0) is 9.53 Å². The van der Waals surface area contributed by atoms with Gasteiger partial charge in [0.2, 0.25) is 0 Å². The van der Waals surface area contributed by atoms with Crippen molar-refractivity contribution in [3.63, 3.8) is 0 Å². The second-order valence-corrected chi connectivity index (χ2v) is 8.05. The Balaban J connectivity index is 1.88. The molecule has 0 N–H and O–H groups in total. The molecule has 2 rings (SSSR count). The zero-order valence-corrected chi connectivity index (χ0v) is 13.8. The van der Waals surface area contributed by atoms with E-state index < -0.39 is 0 Å². The van der Waals surface area contributed by atoms with Gasteiger partial charge in [-0.2, -0.15) is 0 Å². The third-order valence-electron chi connectivity index (χ3n) is 6.03. The van der Waals surface area contributed by atoms with Gasteiger partial charge in [-0.25, -0.2) is 0 Å². The highest BCUT2D eigenvalue weighted by Crippen LogP contribution is 2.48. The highest BCUT2D eigenvalue weighted by Gasteiger charge is 2.40. The minimum absolute atomic E-state index is 0.00279. The van der Waals surface area contributed by atoms with E-state index in [-0.39, 0.29) is 11.9 Å². The zero-order valence-electron chi connectivity index (χ0n) is 13.8. The molecule has 0 bridgehead atoms. The fourth-order valence-electron chi connectivity index (χ4n) is 4.47. The summed E-state index contributed by atoms with van der Waals surface area (Å²) in [6, 6.07) is 0. The van der Waals surface area contributed by atoms with Crippen molar-refractivity contribution >= 4 is 5.97 Å². The second-order valence-electron chi connectivity index (χ2n) is 8.05. The highest BCUT2D eigenvalue weighted by atomic mass is 16.5. The summed E-state index contributed by atoms with van der Waals surface area (Å²) in [6.45, 7) is 7.11. The van der Waals surface area contributed by atoms with Gasteiger partial charge in [-0.1, -0.05) is 46.5 Å². The molecule has 0 saturated heterocycles. The van der Waals surface area contributed by atoms with Crippen LogP contribution in [0.2, 0.25) is 0 Å². The molecule has 0 aromatic rings. The van der Waals surface area contributed by atoms with E-state index in [1.165, 1.54) is 45.6 Å². The summed E-state index contributed by atoms with van der Waals surface area (Å²) in [5.41, 5.74) is 0.292. The van der Waals surface area contributed by atoms with E-state index in [2.05, 4.69) is 20.8 Å². The molecule has 0 spiro atoms. The molecular formula is C18H32O2. The number of ether oxygens (including phenoxy) is 1. The first-order chi connectivity index (χ1) is 9.42. The topological polar surface area (TPSA) is 26.3 Å². The predicted octanol–water partition coefficient (Wildman–Crippen LogP) is 4.82. The van der Waals surface area contributed by atoms with Crippen molar-refractivity contribution in [1.29, 1.82) is 0 Å². The minimum atomic E-state index is 0.00279. The lowest BCUT2D eigenvalue weighted by Crippen LogP contribution is -2.37. The van der Waals surface area contributed by atoms with Crippen LogP contribution in [0.1, 0.15) is 72.1 Å². The van der Waals surface area contributed by atoms with Crippen molar-refractivity contribution in [3.8, 4) is 0 Å². The van der Waals surface area contributed by atoms with Gasteiger partial charge in [-0.15, -0.1) is 0 Å². The van der Waals surface area contributed by atoms with Gasteiger partial charge in [0.25, 0.3) is 0 Å². The van der Waals surface area contributed by atoms with E-state index in [1.54, 1.807) is 0 Å². The second kappa shape index (κ2) is 6.49. The summed E-state index contributed by atoms with van der Waals surface area (Å²) >= 11 is 0. The predicted molar refractivity (Wildman–Crippen MR) is 82.4 cm³/mol. The van der Waals surface area contributed by atoms with Crippen LogP contribution in [0.15, 0.2) is 0 Å². The van der Waals surface area contributed by atoms with E-state index in [0.717, 1.165) is 30.6 Å². The molecule has 116 valence electrons. The van der Waals surface area contributed by atoms with Gasteiger partial charge in [0, 0.05) is 0 Å². The Morgan fingerprint density at radius 2 is 1.75 bits per heavy atom. The van der Waals surface area contributed by atoms with Gasteiger partial charge >= 0.3 is 5.97 Å². The molecule has 2 fully saturated rings. The molecule has 2 atom stereocenters. The third-order valence-corrected chi connectivity index (χ3v) is 6.03. The van der Waals surface area contributed by atoms with Crippen LogP contribution in [0.5, 0.6) is 0 Å². The molecule has 0 heterocycles. The van der Waals surface area contributed by atoms with Gasteiger partial charge in [0.05, 0.1) is 13.0 Å². The minimum Gasteiger partial charge on any atom is -0.469 e. The Labute approximate surface area is 124 Å². The first kappa shape index (κ1) is 15.9. The van der Waals surface area contributed by atoms with Crippen molar-refractivity contribution in [2.75, 3.05) is 7.11 Å². The summed E-state index contributed by atoms with van der Waals surface area (Å²) in [5, 5.41) is 0. The summed E-state index contributed by atoms with van der Waals surface area (Å²) < 4.78 is 4.94. The molecule has 2 saturated carbocycles. The molecule has 2 nitrogen and oxygen atoms in total. The average molecular weight is 280 g/mol. The van der Waals surface area contributed by atoms with Crippen molar-refractivity contribution in [1.82, 2.24) is 0 Å². The highest BCUT2D eigenvalue weighted by molar-refractivity contribution is 5.72. The molecule has 2 heteroatoms. The first-order valence-electron chi connectivity index (χ1n) is 8.50. The normalized spacial score (nSPS) is 37.4. The largest absolute Gasteiger partial charge is 0.469 e. The Morgan fingerprint density at radius 3 is 2.30 bits per heavy atom. The molecule has 20 heavy (non-hydrogen) atoms. The van der Waals surface area contributed by atoms with Crippen molar-refractivity contribution < 1.29 is 9.53 Å². The summed E-state index contributed by atoms with van der Waals surface area (Å²) in [4.78, 5) is 11.8. The van der Waals surface area contributed by atoms with Crippen molar-refractivity contribution in [2.45, 2.75) is 72.1 Å². The summed E-state index contributed by atoms with van der Waals surface area (Å²) in [6.07, 6.45) is 10.3. The molecule has 2 aliphatic carbocycles. The van der Waals surface area contributed by atoms with Crippen molar-refractivity contribution in [3.05, 3.63) is 0 Å². The number of hydrogen-bond donors (Lipinski definition) is 0. The molecule has 0 aromatic carbocycles. The van der Waals surface area contributed by atoms with Crippen molar-refractivity contribution in [2.24, 2.45) is 29.1 Å². The van der Waals surface area contributed by atoms with Crippen LogP contribution in [0.25, 0.3) is 0 Å². The Morgan fingerprint density at radius 1 is 1.10 bits per heavy atom. The number of carbonyl (C=O) groups is 1. The molecule has 0 aliphatic heterocycles. The maximum absolute atomic E-state index is 11.8. The average Bonchev–Trinajstić information content (AvgIpc) is 2.42. The quantitative estimate of drug-likeness (QED) is 0.693. The number of hydrogen-bond acceptors (Lipinski definition) is 2. The van der Waals surface area contributed by atoms with Crippen LogP contribution in [-0.4, -0.2) is 13.1 Å². The van der Waals surface area contributed by atoms with E-state index >= 15 is 0 Å². The van der Waals surface area contributed by atoms with Gasteiger partial charge in [0.1, 0.15) is 0 Å². The lowest BCUT2D eigenvalue weighted by molar-refractivity contribution is -0.149. The van der Waals surface area contributed by atoms with Gasteiger partial charge in [-0.3, -0.25) is 4.79 Å². The molecule has 0 aromatic heterocycles. The smallest absolute Gasteiger partial charge is 0.308 e. The van der Waals surface area contributed by atoms with E-state index in [1.807, 2.05) is 0 Å². The van der Waals surface area contributed by atoms with Crippen LogP contribution in [0, 0.1) is 29.1 Å². The van der Waals surface area contributed by atoms with Crippen LogP contribution >= 0.6 is 0 Å². The van der Waals surface area contributed by atoms with Gasteiger partial charge in [-0.05, 0) is 48.9 Å².